The molecular formula is C24H25N5O3. The lowest BCUT2D eigenvalue weighted by molar-refractivity contribution is -0.119. The number of nitrogens with zero attached hydrogens (tertiary/aromatic N) is 4. The standard InChI is InChI=1S/C24H25N5O3/c1-24(2)18-14-17(8-9-19(18)25-23(24)31)21-26-20(27-32-21)15-4-6-16(7-5-15)22(30)29-12-10-28(3)11-13-29/h4-9,14H,10-13H2,1-3H3,(H,25,31). The van der Waals surface area contributed by atoms with Gasteiger partial charge in [0.2, 0.25) is 11.7 Å². The molecule has 0 bridgehead atoms. The van der Waals surface area contributed by atoms with Crippen LogP contribution in [0, 0.1) is 0 Å². The van der Waals surface area contributed by atoms with Gasteiger partial charge >= 0.3 is 0 Å². The Morgan fingerprint density at radius 1 is 1.03 bits per heavy atom. The van der Waals surface area contributed by atoms with Crippen LogP contribution in [0.4, 0.5) is 5.69 Å². The summed E-state index contributed by atoms with van der Waals surface area (Å²) in [7, 11) is 2.07. The SMILES string of the molecule is CN1CCN(C(=O)c2ccc(-c3noc(-c4ccc5c(c4)C(C)(C)C(=O)N5)n3)cc2)CC1. The number of hydrogen-bond acceptors (Lipinski definition) is 6. The van der Waals surface area contributed by atoms with E-state index in [4.69, 9.17) is 4.52 Å². The van der Waals surface area contributed by atoms with E-state index in [0.29, 0.717) is 17.3 Å². The minimum absolute atomic E-state index is 0.0259. The number of anilines is 1. The van der Waals surface area contributed by atoms with Gasteiger partial charge in [-0.1, -0.05) is 17.3 Å². The molecule has 0 unspecified atom stereocenters. The van der Waals surface area contributed by atoms with Crippen LogP contribution in [0.3, 0.4) is 0 Å². The first-order valence-electron chi connectivity index (χ1n) is 10.7. The van der Waals surface area contributed by atoms with Crippen molar-refractivity contribution >= 4 is 17.5 Å². The topological polar surface area (TPSA) is 91.6 Å². The lowest BCUT2D eigenvalue weighted by atomic mass is 9.85. The maximum absolute atomic E-state index is 12.7. The van der Waals surface area contributed by atoms with Crippen LogP contribution in [0.1, 0.15) is 29.8 Å². The van der Waals surface area contributed by atoms with E-state index in [0.717, 1.165) is 48.6 Å². The molecule has 1 N–H and O–H groups in total. The van der Waals surface area contributed by atoms with Crippen molar-refractivity contribution in [2.75, 3.05) is 38.5 Å². The zero-order valence-electron chi connectivity index (χ0n) is 18.4. The van der Waals surface area contributed by atoms with Crippen LogP contribution in [0.5, 0.6) is 0 Å². The number of carbonyl (C=O) groups is 2. The fourth-order valence-electron chi connectivity index (χ4n) is 4.12. The van der Waals surface area contributed by atoms with Crippen LogP contribution in [0.15, 0.2) is 47.0 Å². The van der Waals surface area contributed by atoms with Gasteiger partial charge in [0.1, 0.15) is 0 Å². The molecule has 8 nitrogen and oxygen atoms in total. The number of benzene rings is 2. The molecule has 2 aromatic carbocycles. The number of fused-ring (bicyclic) bond motifs is 1. The highest BCUT2D eigenvalue weighted by molar-refractivity contribution is 6.06. The van der Waals surface area contributed by atoms with E-state index in [2.05, 4.69) is 27.4 Å². The Labute approximate surface area is 186 Å². The number of nitrogens with one attached hydrogen (secondary N) is 1. The molecule has 3 aromatic rings. The predicted octanol–water partition coefficient (Wildman–Crippen LogP) is 3.02. The summed E-state index contributed by atoms with van der Waals surface area (Å²) in [6.07, 6.45) is 0. The first kappa shape index (κ1) is 20.4. The van der Waals surface area contributed by atoms with E-state index in [1.807, 2.05) is 49.1 Å². The highest BCUT2D eigenvalue weighted by Crippen LogP contribution is 2.39. The summed E-state index contributed by atoms with van der Waals surface area (Å²) in [5.74, 6) is 0.854. The van der Waals surface area contributed by atoms with Crippen molar-refractivity contribution in [1.29, 1.82) is 0 Å². The molecule has 1 fully saturated rings. The van der Waals surface area contributed by atoms with Crippen molar-refractivity contribution in [3.05, 3.63) is 53.6 Å². The van der Waals surface area contributed by atoms with Gasteiger partial charge in [-0.05, 0) is 56.8 Å². The van der Waals surface area contributed by atoms with Gasteiger partial charge in [0, 0.05) is 48.6 Å². The number of rotatable bonds is 3. The van der Waals surface area contributed by atoms with E-state index >= 15 is 0 Å². The molecule has 2 aliphatic rings. The summed E-state index contributed by atoms with van der Waals surface area (Å²) in [4.78, 5) is 33.6. The molecule has 8 heteroatoms. The average Bonchev–Trinajstić information content (AvgIpc) is 3.37. The van der Waals surface area contributed by atoms with Crippen molar-refractivity contribution < 1.29 is 14.1 Å². The smallest absolute Gasteiger partial charge is 0.258 e. The number of piperazine rings is 1. The van der Waals surface area contributed by atoms with E-state index in [9.17, 15) is 9.59 Å². The van der Waals surface area contributed by atoms with Gasteiger partial charge in [0.05, 0.1) is 5.41 Å². The lowest BCUT2D eigenvalue weighted by Gasteiger charge is -2.32. The molecule has 1 aromatic heterocycles. The van der Waals surface area contributed by atoms with Crippen molar-refractivity contribution in [3.63, 3.8) is 0 Å². The summed E-state index contributed by atoms with van der Waals surface area (Å²) < 4.78 is 5.50. The number of carbonyl (C=O) groups excluding carboxylic acids is 2. The van der Waals surface area contributed by atoms with Crippen LogP contribution < -0.4 is 5.32 Å². The molecule has 2 aliphatic heterocycles. The normalized spacial score (nSPS) is 17.8. The Bertz CT molecular complexity index is 1190. The fraction of sp³-hybridized carbons (Fsp3) is 0.333. The molecule has 0 spiro atoms. The molecule has 2 amide bonds. The van der Waals surface area contributed by atoms with Crippen LogP contribution >= 0.6 is 0 Å². The van der Waals surface area contributed by atoms with Crippen molar-refractivity contribution in [3.8, 4) is 22.8 Å². The molecule has 0 aliphatic carbocycles. The Balaban J connectivity index is 1.35. The molecule has 3 heterocycles. The minimum Gasteiger partial charge on any atom is -0.336 e. The highest BCUT2D eigenvalue weighted by Gasteiger charge is 2.38. The van der Waals surface area contributed by atoms with E-state index in [1.165, 1.54) is 0 Å². The van der Waals surface area contributed by atoms with Gasteiger partial charge in [0.15, 0.2) is 0 Å². The molecule has 32 heavy (non-hydrogen) atoms. The van der Waals surface area contributed by atoms with Crippen LogP contribution in [-0.2, 0) is 10.2 Å². The average molecular weight is 431 g/mol. The Morgan fingerprint density at radius 2 is 1.72 bits per heavy atom. The van der Waals surface area contributed by atoms with Gasteiger partial charge < -0.3 is 19.6 Å². The van der Waals surface area contributed by atoms with Crippen LogP contribution in [0.25, 0.3) is 22.8 Å². The monoisotopic (exact) mass is 431 g/mol. The molecule has 1 saturated heterocycles. The Hall–Kier alpha value is -3.52. The quantitative estimate of drug-likeness (QED) is 0.686. The Kier molecular flexibility index (Phi) is 4.82. The summed E-state index contributed by atoms with van der Waals surface area (Å²) in [6, 6.07) is 12.9. The summed E-state index contributed by atoms with van der Waals surface area (Å²) >= 11 is 0. The third kappa shape index (κ3) is 3.46. The Morgan fingerprint density at radius 3 is 2.44 bits per heavy atom. The highest BCUT2D eigenvalue weighted by atomic mass is 16.5. The maximum atomic E-state index is 12.7. The second kappa shape index (κ2) is 7.56. The number of hydrogen-bond donors (Lipinski definition) is 1. The van der Waals surface area contributed by atoms with Crippen LogP contribution in [-0.4, -0.2) is 65.0 Å². The van der Waals surface area contributed by atoms with Gasteiger partial charge in [-0.3, -0.25) is 9.59 Å². The fourth-order valence-corrected chi connectivity index (χ4v) is 4.12. The number of aromatic nitrogens is 2. The van der Waals surface area contributed by atoms with Crippen LogP contribution in [0.2, 0.25) is 0 Å². The number of likely N-dealkylation sites (N-methyl/N-ethyl adjacent to an activating group) is 1. The summed E-state index contributed by atoms with van der Waals surface area (Å²) in [5.41, 5.74) is 3.29. The maximum Gasteiger partial charge on any atom is 0.258 e. The molecule has 0 atom stereocenters. The second-order valence-electron chi connectivity index (χ2n) is 8.94. The van der Waals surface area contributed by atoms with Gasteiger partial charge in [-0.2, -0.15) is 4.98 Å². The van der Waals surface area contributed by atoms with Crippen molar-refractivity contribution in [1.82, 2.24) is 19.9 Å². The van der Waals surface area contributed by atoms with E-state index in [-0.39, 0.29) is 11.8 Å². The number of amides is 2. The molecular weight excluding hydrogens is 406 g/mol. The van der Waals surface area contributed by atoms with Gasteiger partial charge in [-0.15, -0.1) is 0 Å². The zero-order valence-corrected chi connectivity index (χ0v) is 18.4. The van der Waals surface area contributed by atoms with Gasteiger partial charge in [0.25, 0.3) is 11.8 Å². The molecule has 5 rings (SSSR count). The minimum atomic E-state index is -0.611. The van der Waals surface area contributed by atoms with Crippen molar-refractivity contribution in [2.45, 2.75) is 19.3 Å². The largest absolute Gasteiger partial charge is 0.336 e. The predicted molar refractivity (Wildman–Crippen MR) is 120 cm³/mol. The lowest BCUT2D eigenvalue weighted by Crippen LogP contribution is -2.47. The second-order valence-corrected chi connectivity index (χ2v) is 8.94. The zero-order chi connectivity index (χ0) is 22.5. The first-order chi connectivity index (χ1) is 15.3. The third-order valence-electron chi connectivity index (χ3n) is 6.36. The molecule has 0 radical (unpaired) electrons. The van der Waals surface area contributed by atoms with Gasteiger partial charge in [-0.25, -0.2) is 0 Å². The molecule has 0 saturated carbocycles. The summed E-state index contributed by atoms with van der Waals surface area (Å²) in [5, 5.41) is 7.01. The first-order valence-corrected chi connectivity index (χ1v) is 10.7. The summed E-state index contributed by atoms with van der Waals surface area (Å²) in [6.45, 7) is 7.04. The van der Waals surface area contributed by atoms with Crippen molar-refractivity contribution in [2.24, 2.45) is 0 Å². The van der Waals surface area contributed by atoms with E-state index in [1.54, 1.807) is 12.1 Å². The molecule has 164 valence electrons. The third-order valence-corrected chi connectivity index (χ3v) is 6.36. The van der Waals surface area contributed by atoms with E-state index < -0.39 is 5.41 Å².